The number of hydrogen-bond acceptors (Lipinski definition) is 4. The second-order valence-electron chi connectivity index (χ2n) is 4.56. The van der Waals surface area contributed by atoms with Crippen molar-refractivity contribution in [1.82, 2.24) is 4.98 Å². The van der Waals surface area contributed by atoms with E-state index in [9.17, 15) is 0 Å². The van der Waals surface area contributed by atoms with Crippen molar-refractivity contribution >= 4 is 11.5 Å². The van der Waals surface area contributed by atoms with Gasteiger partial charge in [-0.3, -0.25) is 0 Å². The molecule has 0 unspecified atom stereocenters. The molecular formula is C15H16N4. The van der Waals surface area contributed by atoms with Crippen LogP contribution >= 0.6 is 0 Å². The average Bonchev–Trinajstić information content (AvgIpc) is 2.42. The first-order valence-electron chi connectivity index (χ1n) is 6.03. The molecule has 2 rings (SSSR count). The number of nitriles is 1. The van der Waals surface area contributed by atoms with Crippen molar-refractivity contribution in [3.05, 3.63) is 53.2 Å². The third kappa shape index (κ3) is 3.02. The van der Waals surface area contributed by atoms with Gasteiger partial charge in [-0.2, -0.15) is 5.26 Å². The van der Waals surface area contributed by atoms with E-state index in [1.807, 2.05) is 24.1 Å². The van der Waals surface area contributed by atoms with E-state index in [4.69, 9.17) is 11.0 Å². The highest BCUT2D eigenvalue weighted by Crippen LogP contribution is 2.17. The topological polar surface area (TPSA) is 65.9 Å². The minimum absolute atomic E-state index is 0.272. The quantitative estimate of drug-likeness (QED) is 0.911. The van der Waals surface area contributed by atoms with Crippen LogP contribution in [0.25, 0.3) is 0 Å². The Labute approximate surface area is 113 Å². The van der Waals surface area contributed by atoms with Crippen LogP contribution in [-0.4, -0.2) is 12.0 Å². The van der Waals surface area contributed by atoms with E-state index < -0.39 is 0 Å². The number of pyridine rings is 1. The molecule has 0 bridgehead atoms. The Bertz CT molecular complexity index is 611. The second kappa shape index (κ2) is 5.40. The predicted octanol–water partition coefficient (Wildman–Crippen LogP) is 2.48. The number of benzene rings is 1. The van der Waals surface area contributed by atoms with E-state index >= 15 is 0 Å². The molecule has 1 aromatic carbocycles. The Balaban J connectivity index is 2.18. The van der Waals surface area contributed by atoms with Crippen LogP contribution in [0.2, 0.25) is 0 Å². The maximum absolute atomic E-state index is 8.93. The number of nitrogen functional groups attached to an aromatic ring is 1. The molecule has 2 aromatic rings. The summed E-state index contributed by atoms with van der Waals surface area (Å²) < 4.78 is 0. The van der Waals surface area contributed by atoms with Crippen molar-refractivity contribution in [1.29, 1.82) is 5.26 Å². The van der Waals surface area contributed by atoms with Crippen LogP contribution in [0.15, 0.2) is 36.4 Å². The van der Waals surface area contributed by atoms with Crippen LogP contribution in [0.4, 0.5) is 11.5 Å². The van der Waals surface area contributed by atoms with E-state index in [1.165, 1.54) is 11.1 Å². The number of hydrogen-bond donors (Lipinski definition) is 1. The molecule has 0 spiro atoms. The summed E-state index contributed by atoms with van der Waals surface area (Å²) in [5.41, 5.74) is 8.79. The summed E-state index contributed by atoms with van der Waals surface area (Å²) in [5, 5.41) is 8.93. The summed E-state index contributed by atoms with van der Waals surface area (Å²) in [4.78, 5) is 6.24. The van der Waals surface area contributed by atoms with Crippen LogP contribution in [0.5, 0.6) is 0 Å². The fourth-order valence-corrected chi connectivity index (χ4v) is 1.81. The smallest absolute Gasteiger partial charge is 0.165 e. The fraction of sp³-hybridized carbons (Fsp3) is 0.200. The third-order valence-electron chi connectivity index (χ3n) is 2.95. The molecule has 19 heavy (non-hydrogen) atoms. The van der Waals surface area contributed by atoms with Gasteiger partial charge in [-0.05, 0) is 24.6 Å². The zero-order valence-corrected chi connectivity index (χ0v) is 11.1. The number of aryl methyl sites for hydroxylation is 1. The van der Waals surface area contributed by atoms with Crippen LogP contribution < -0.4 is 10.6 Å². The standard InChI is InChI=1S/C15H16N4/c1-11-3-5-12(6-4-11)10-19(2)15-8-7-13(17)14(9-16)18-15/h3-8H,10,17H2,1-2H3. The van der Waals surface area contributed by atoms with Gasteiger partial charge < -0.3 is 10.6 Å². The summed E-state index contributed by atoms with van der Waals surface area (Å²) in [6, 6.07) is 13.9. The molecule has 1 aromatic heterocycles. The Morgan fingerprint density at radius 3 is 2.53 bits per heavy atom. The highest BCUT2D eigenvalue weighted by molar-refractivity contribution is 5.55. The van der Waals surface area contributed by atoms with Gasteiger partial charge in [0.05, 0.1) is 5.69 Å². The SMILES string of the molecule is Cc1ccc(CN(C)c2ccc(N)c(C#N)n2)cc1. The summed E-state index contributed by atoms with van der Waals surface area (Å²) in [7, 11) is 1.94. The Morgan fingerprint density at radius 2 is 1.89 bits per heavy atom. The lowest BCUT2D eigenvalue weighted by Crippen LogP contribution is -2.18. The van der Waals surface area contributed by atoms with Gasteiger partial charge in [0.2, 0.25) is 0 Å². The molecular weight excluding hydrogens is 236 g/mol. The van der Waals surface area contributed by atoms with Gasteiger partial charge in [-0.25, -0.2) is 4.98 Å². The first kappa shape index (κ1) is 12.9. The monoisotopic (exact) mass is 252 g/mol. The normalized spacial score (nSPS) is 9.95. The maximum atomic E-state index is 8.93. The lowest BCUT2D eigenvalue weighted by molar-refractivity contribution is 0.896. The molecule has 0 aliphatic heterocycles. The summed E-state index contributed by atoms with van der Waals surface area (Å²) in [6.45, 7) is 2.80. The molecule has 1 heterocycles. The molecule has 0 saturated heterocycles. The molecule has 0 radical (unpaired) electrons. The van der Waals surface area contributed by atoms with Gasteiger partial charge >= 0.3 is 0 Å². The minimum atomic E-state index is 0.272. The van der Waals surface area contributed by atoms with Gasteiger partial charge in [0, 0.05) is 13.6 Å². The number of nitrogens with zero attached hydrogens (tertiary/aromatic N) is 3. The largest absolute Gasteiger partial charge is 0.396 e. The predicted molar refractivity (Wildman–Crippen MR) is 76.7 cm³/mol. The van der Waals surface area contributed by atoms with Crippen molar-refractivity contribution in [3.8, 4) is 6.07 Å². The molecule has 0 aliphatic carbocycles. The van der Waals surface area contributed by atoms with Gasteiger partial charge in [0.15, 0.2) is 5.69 Å². The molecule has 4 heteroatoms. The van der Waals surface area contributed by atoms with E-state index in [0.29, 0.717) is 5.69 Å². The Hall–Kier alpha value is -2.54. The molecule has 0 amide bonds. The summed E-state index contributed by atoms with van der Waals surface area (Å²) in [6.07, 6.45) is 0. The van der Waals surface area contributed by atoms with Crippen molar-refractivity contribution in [2.75, 3.05) is 17.7 Å². The lowest BCUT2D eigenvalue weighted by atomic mass is 10.1. The van der Waals surface area contributed by atoms with E-state index in [-0.39, 0.29) is 5.69 Å². The van der Waals surface area contributed by atoms with Gasteiger partial charge in [-0.1, -0.05) is 29.8 Å². The van der Waals surface area contributed by atoms with Crippen LogP contribution in [0, 0.1) is 18.3 Å². The van der Waals surface area contributed by atoms with Gasteiger partial charge in [0.25, 0.3) is 0 Å². The number of anilines is 2. The Kier molecular flexibility index (Phi) is 3.67. The number of aromatic nitrogens is 1. The summed E-state index contributed by atoms with van der Waals surface area (Å²) in [5.74, 6) is 0.742. The molecule has 2 N–H and O–H groups in total. The van der Waals surface area contributed by atoms with Crippen molar-refractivity contribution in [2.24, 2.45) is 0 Å². The molecule has 0 saturated carbocycles. The molecule has 0 atom stereocenters. The Morgan fingerprint density at radius 1 is 1.21 bits per heavy atom. The van der Waals surface area contributed by atoms with E-state index in [0.717, 1.165) is 12.4 Å². The van der Waals surface area contributed by atoms with E-state index in [2.05, 4.69) is 36.2 Å². The molecule has 96 valence electrons. The first-order chi connectivity index (χ1) is 9.10. The average molecular weight is 252 g/mol. The van der Waals surface area contributed by atoms with Crippen LogP contribution in [-0.2, 0) is 6.54 Å². The zero-order chi connectivity index (χ0) is 13.8. The van der Waals surface area contributed by atoms with Crippen molar-refractivity contribution in [3.63, 3.8) is 0 Å². The van der Waals surface area contributed by atoms with Gasteiger partial charge in [-0.15, -0.1) is 0 Å². The molecule has 0 aliphatic rings. The van der Waals surface area contributed by atoms with Crippen LogP contribution in [0.1, 0.15) is 16.8 Å². The number of rotatable bonds is 3. The first-order valence-corrected chi connectivity index (χ1v) is 6.03. The second-order valence-corrected chi connectivity index (χ2v) is 4.56. The molecule has 4 nitrogen and oxygen atoms in total. The minimum Gasteiger partial charge on any atom is -0.396 e. The number of nitrogens with two attached hydrogens (primary N) is 1. The van der Waals surface area contributed by atoms with Gasteiger partial charge in [0.1, 0.15) is 11.9 Å². The lowest BCUT2D eigenvalue weighted by Gasteiger charge is -2.18. The van der Waals surface area contributed by atoms with Crippen molar-refractivity contribution in [2.45, 2.75) is 13.5 Å². The molecule has 0 fully saturated rings. The van der Waals surface area contributed by atoms with E-state index in [1.54, 1.807) is 6.07 Å². The third-order valence-corrected chi connectivity index (χ3v) is 2.95. The maximum Gasteiger partial charge on any atom is 0.165 e. The zero-order valence-electron chi connectivity index (χ0n) is 11.1. The van der Waals surface area contributed by atoms with Crippen LogP contribution in [0.3, 0.4) is 0 Å². The van der Waals surface area contributed by atoms with Crippen molar-refractivity contribution < 1.29 is 0 Å². The highest BCUT2D eigenvalue weighted by atomic mass is 15.2. The highest BCUT2D eigenvalue weighted by Gasteiger charge is 2.07. The fourth-order valence-electron chi connectivity index (χ4n) is 1.81. The summed E-state index contributed by atoms with van der Waals surface area (Å²) >= 11 is 0.